The molecule has 5 nitrogen and oxygen atoms in total. The highest BCUT2D eigenvalue weighted by Crippen LogP contribution is 2.46. The maximum Gasteiger partial charge on any atom is 0.160 e. The van der Waals surface area contributed by atoms with Crippen molar-refractivity contribution in [3.63, 3.8) is 0 Å². The van der Waals surface area contributed by atoms with Crippen LogP contribution in [-0.4, -0.2) is 19.1 Å². The molecule has 5 heteroatoms. The summed E-state index contributed by atoms with van der Waals surface area (Å²) in [4.78, 5) is 10.2. The molecule has 0 saturated carbocycles. The normalized spacial score (nSPS) is 11.9. The van der Waals surface area contributed by atoms with E-state index in [1.165, 1.54) is 32.7 Å². The van der Waals surface area contributed by atoms with E-state index in [0.29, 0.717) is 5.82 Å². The number of hydrogen-bond acceptors (Lipinski definition) is 3. The van der Waals surface area contributed by atoms with Crippen LogP contribution in [0.4, 0.5) is 0 Å². The van der Waals surface area contributed by atoms with E-state index in [2.05, 4.69) is 191 Å². The number of furan rings is 1. The molecule has 0 amide bonds. The van der Waals surface area contributed by atoms with Gasteiger partial charge >= 0.3 is 0 Å². The topological polar surface area (TPSA) is 48.8 Å². The smallest absolute Gasteiger partial charge is 0.160 e. The third-order valence-corrected chi connectivity index (χ3v) is 12.3. The second kappa shape index (κ2) is 13.1. The molecule has 0 aliphatic rings. The van der Waals surface area contributed by atoms with Crippen molar-refractivity contribution in [2.45, 2.75) is 0 Å². The maximum atomic E-state index is 6.53. The van der Waals surface area contributed by atoms with E-state index in [9.17, 15) is 0 Å². The second-order valence-corrected chi connectivity index (χ2v) is 15.7. The first-order valence-corrected chi connectivity index (χ1v) is 20.7. The van der Waals surface area contributed by atoms with Gasteiger partial charge in [-0.3, -0.25) is 0 Å². The molecule has 0 unspecified atom stereocenters. The molecule has 13 rings (SSSR count). The zero-order valence-corrected chi connectivity index (χ0v) is 32.8. The van der Waals surface area contributed by atoms with Gasteiger partial charge in [0.2, 0.25) is 0 Å². The van der Waals surface area contributed by atoms with Crippen molar-refractivity contribution >= 4 is 76.5 Å². The lowest BCUT2D eigenvalue weighted by atomic mass is 10.0. The standard InChI is InChI=1S/C56H34N4O/c1-3-14-35(15-4-1)38-18-13-19-40(34-38)60-48-32-31-47-51(52(48)44-30-33-50-53(55(44)60)43-22-9-12-25-49(43)61-50)42-21-8-11-24-46(42)59(47)39-28-26-37(27-29-39)56-57-45-23-10-7-20-41(45)54(58-56)36-16-5-2-6-17-36/h1-34H. The summed E-state index contributed by atoms with van der Waals surface area (Å²) in [5.74, 6) is 0.704. The Kier molecular flexibility index (Phi) is 7.24. The number of para-hydroxylation sites is 3. The van der Waals surface area contributed by atoms with E-state index in [1.807, 2.05) is 24.3 Å². The van der Waals surface area contributed by atoms with Gasteiger partial charge in [0.15, 0.2) is 5.82 Å². The fourth-order valence-corrected chi connectivity index (χ4v) is 9.64. The molecule has 0 atom stereocenters. The minimum atomic E-state index is 0.704. The number of benzene rings is 9. The zero-order chi connectivity index (χ0) is 40.0. The molecule has 0 aliphatic carbocycles. The van der Waals surface area contributed by atoms with E-state index in [-0.39, 0.29) is 0 Å². The zero-order valence-electron chi connectivity index (χ0n) is 32.8. The van der Waals surface area contributed by atoms with Gasteiger partial charge in [0.1, 0.15) is 11.2 Å². The molecule has 0 N–H and O–H groups in total. The lowest BCUT2D eigenvalue weighted by molar-refractivity contribution is 0.669. The van der Waals surface area contributed by atoms with Gasteiger partial charge in [0, 0.05) is 54.8 Å². The van der Waals surface area contributed by atoms with Gasteiger partial charge in [0.25, 0.3) is 0 Å². The maximum absolute atomic E-state index is 6.53. The Morgan fingerprint density at radius 3 is 1.82 bits per heavy atom. The van der Waals surface area contributed by atoms with E-state index in [0.717, 1.165) is 83.1 Å². The lowest BCUT2D eigenvalue weighted by Gasteiger charge is -2.12. The quantitative estimate of drug-likeness (QED) is 0.175. The molecule has 0 spiro atoms. The Bertz CT molecular complexity index is 3860. The van der Waals surface area contributed by atoms with E-state index < -0.39 is 0 Å². The van der Waals surface area contributed by atoms with Crippen LogP contribution in [0.3, 0.4) is 0 Å². The lowest BCUT2D eigenvalue weighted by Crippen LogP contribution is -1.97. The highest BCUT2D eigenvalue weighted by Gasteiger charge is 2.24. The molecule has 284 valence electrons. The highest BCUT2D eigenvalue weighted by atomic mass is 16.3. The average Bonchev–Trinajstić information content (AvgIpc) is 3.99. The van der Waals surface area contributed by atoms with Crippen LogP contribution in [0, 0.1) is 0 Å². The Hall–Kier alpha value is -8.28. The summed E-state index contributed by atoms with van der Waals surface area (Å²) < 4.78 is 11.4. The van der Waals surface area contributed by atoms with Crippen LogP contribution in [0.25, 0.3) is 122 Å². The molecule has 0 radical (unpaired) electrons. The van der Waals surface area contributed by atoms with Crippen molar-refractivity contribution in [2.75, 3.05) is 0 Å². The predicted octanol–water partition coefficient (Wildman–Crippen LogP) is 14.7. The number of nitrogens with zero attached hydrogens (tertiary/aromatic N) is 4. The van der Waals surface area contributed by atoms with Crippen LogP contribution in [0.15, 0.2) is 211 Å². The number of aromatic nitrogens is 4. The summed E-state index contributed by atoms with van der Waals surface area (Å²) in [7, 11) is 0. The van der Waals surface area contributed by atoms with Gasteiger partial charge < -0.3 is 13.6 Å². The first-order valence-electron chi connectivity index (χ1n) is 20.7. The van der Waals surface area contributed by atoms with Crippen molar-refractivity contribution in [2.24, 2.45) is 0 Å². The molecular formula is C56H34N4O. The summed E-state index contributed by atoms with van der Waals surface area (Å²) >= 11 is 0. The van der Waals surface area contributed by atoms with Crippen molar-refractivity contribution in [1.82, 2.24) is 19.1 Å². The van der Waals surface area contributed by atoms with Crippen LogP contribution in [-0.2, 0) is 0 Å². The SMILES string of the molecule is c1ccc(-c2cccc(-n3c4ccc5c(c6ccccc6n5-c5ccc(-c6nc(-c7ccccc7)c7ccccc7n6)cc5)c4c4ccc5oc6ccccc6c5c43)c2)cc1. The van der Waals surface area contributed by atoms with Crippen LogP contribution in [0.5, 0.6) is 0 Å². The van der Waals surface area contributed by atoms with E-state index in [4.69, 9.17) is 14.4 Å². The average molecular weight is 779 g/mol. The summed E-state index contributed by atoms with van der Waals surface area (Å²) in [5.41, 5.74) is 14.8. The number of rotatable bonds is 5. The molecular weight excluding hydrogens is 745 g/mol. The highest BCUT2D eigenvalue weighted by molar-refractivity contribution is 6.33. The molecule has 13 aromatic rings. The van der Waals surface area contributed by atoms with Crippen LogP contribution < -0.4 is 0 Å². The van der Waals surface area contributed by atoms with Crippen LogP contribution in [0.2, 0.25) is 0 Å². The Morgan fingerprint density at radius 1 is 0.344 bits per heavy atom. The van der Waals surface area contributed by atoms with Crippen LogP contribution >= 0.6 is 0 Å². The van der Waals surface area contributed by atoms with Gasteiger partial charge in [0.05, 0.1) is 38.7 Å². The molecule has 0 bridgehead atoms. The predicted molar refractivity (Wildman–Crippen MR) is 252 cm³/mol. The molecule has 0 aliphatic heterocycles. The number of fused-ring (bicyclic) bond motifs is 12. The third-order valence-electron chi connectivity index (χ3n) is 12.3. The van der Waals surface area contributed by atoms with Gasteiger partial charge in [-0.2, -0.15) is 0 Å². The third kappa shape index (κ3) is 5.08. The van der Waals surface area contributed by atoms with Gasteiger partial charge in [-0.1, -0.05) is 127 Å². The van der Waals surface area contributed by atoms with E-state index in [1.54, 1.807) is 0 Å². The minimum Gasteiger partial charge on any atom is -0.456 e. The van der Waals surface area contributed by atoms with Crippen molar-refractivity contribution < 1.29 is 4.42 Å². The molecule has 4 heterocycles. The number of hydrogen-bond donors (Lipinski definition) is 0. The summed E-state index contributed by atoms with van der Waals surface area (Å²) in [6, 6.07) is 73.0. The Balaban J connectivity index is 1.06. The van der Waals surface area contributed by atoms with Crippen molar-refractivity contribution in [3.05, 3.63) is 206 Å². The van der Waals surface area contributed by atoms with Gasteiger partial charge in [-0.05, 0) is 90.0 Å². The summed E-state index contributed by atoms with van der Waals surface area (Å²) in [6.45, 7) is 0. The van der Waals surface area contributed by atoms with Crippen molar-refractivity contribution in [1.29, 1.82) is 0 Å². The molecule has 0 fully saturated rings. The molecule has 4 aromatic heterocycles. The Labute approximate surface area is 350 Å². The minimum absolute atomic E-state index is 0.704. The first-order chi connectivity index (χ1) is 30.3. The molecule has 9 aromatic carbocycles. The summed E-state index contributed by atoms with van der Waals surface area (Å²) in [5, 5.41) is 8.09. The largest absolute Gasteiger partial charge is 0.456 e. The fraction of sp³-hybridized carbons (Fsp3) is 0. The summed E-state index contributed by atoms with van der Waals surface area (Å²) in [6.07, 6.45) is 0. The fourth-order valence-electron chi connectivity index (χ4n) is 9.64. The molecule has 0 saturated heterocycles. The van der Waals surface area contributed by atoms with Crippen molar-refractivity contribution in [3.8, 4) is 45.1 Å². The van der Waals surface area contributed by atoms with E-state index >= 15 is 0 Å². The van der Waals surface area contributed by atoms with Gasteiger partial charge in [-0.25, -0.2) is 9.97 Å². The monoisotopic (exact) mass is 778 g/mol. The van der Waals surface area contributed by atoms with Gasteiger partial charge in [-0.15, -0.1) is 0 Å². The molecule has 61 heavy (non-hydrogen) atoms. The Morgan fingerprint density at radius 2 is 1.00 bits per heavy atom. The first kappa shape index (κ1) is 33.7. The van der Waals surface area contributed by atoms with Crippen LogP contribution in [0.1, 0.15) is 0 Å². The second-order valence-electron chi connectivity index (χ2n) is 15.7.